The molecule has 1 atom stereocenters. The third-order valence-electron chi connectivity index (χ3n) is 3.28. The number of sulfone groups is 1. The molecule has 0 aliphatic carbocycles. The number of amides is 2. The minimum atomic E-state index is -3.08. The molecule has 0 unspecified atom stereocenters. The average molecular weight is 318 g/mol. The molecule has 20 heavy (non-hydrogen) atoms. The van der Waals surface area contributed by atoms with E-state index in [4.69, 9.17) is 0 Å². The van der Waals surface area contributed by atoms with E-state index in [1.807, 2.05) is 18.4 Å². The first-order chi connectivity index (χ1) is 9.26. The molecule has 114 valence electrons. The minimum Gasteiger partial charge on any atom is -0.333 e. The lowest BCUT2D eigenvalue weighted by molar-refractivity contribution is 0.197. The molecule has 0 fully saturated rings. The highest BCUT2D eigenvalue weighted by atomic mass is 32.2. The molecule has 1 aromatic rings. The Morgan fingerprint density at radius 2 is 2.15 bits per heavy atom. The van der Waals surface area contributed by atoms with Crippen molar-refractivity contribution in [3.63, 3.8) is 0 Å². The van der Waals surface area contributed by atoms with Gasteiger partial charge in [0.25, 0.3) is 0 Å². The summed E-state index contributed by atoms with van der Waals surface area (Å²) in [5, 5.41) is 4.80. The molecule has 0 aliphatic heterocycles. The Kier molecular flexibility index (Phi) is 6.01. The van der Waals surface area contributed by atoms with Crippen LogP contribution in [-0.2, 0) is 16.4 Å². The molecule has 0 saturated carbocycles. The first kappa shape index (κ1) is 17.0. The first-order valence-corrected chi connectivity index (χ1v) is 9.21. The lowest BCUT2D eigenvalue weighted by Crippen LogP contribution is -2.45. The van der Waals surface area contributed by atoms with Gasteiger partial charge in [-0.25, -0.2) is 13.2 Å². The van der Waals surface area contributed by atoms with E-state index < -0.39 is 9.84 Å². The van der Waals surface area contributed by atoms with Crippen molar-refractivity contribution in [3.8, 4) is 0 Å². The van der Waals surface area contributed by atoms with Gasteiger partial charge < -0.3 is 10.2 Å². The van der Waals surface area contributed by atoms with Crippen molar-refractivity contribution >= 4 is 27.2 Å². The molecule has 1 aromatic heterocycles. The topological polar surface area (TPSA) is 66.5 Å². The fraction of sp³-hybridized carbons (Fsp3) is 0.615. The molecule has 0 aliphatic rings. The highest BCUT2D eigenvalue weighted by molar-refractivity contribution is 7.91. The van der Waals surface area contributed by atoms with Crippen molar-refractivity contribution in [2.45, 2.75) is 33.4 Å². The summed E-state index contributed by atoms with van der Waals surface area (Å²) in [6, 6.07) is 1.41. The first-order valence-electron chi connectivity index (χ1n) is 6.51. The summed E-state index contributed by atoms with van der Waals surface area (Å²) in [6.45, 7) is 5.82. The van der Waals surface area contributed by atoms with Crippen LogP contribution >= 0.6 is 11.3 Å². The van der Waals surface area contributed by atoms with E-state index in [-0.39, 0.29) is 23.6 Å². The lowest BCUT2D eigenvalue weighted by Gasteiger charge is -2.24. The van der Waals surface area contributed by atoms with Gasteiger partial charge in [-0.15, -0.1) is 11.3 Å². The summed E-state index contributed by atoms with van der Waals surface area (Å²) in [5.74, 6) is 0.0899. The van der Waals surface area contributed by atoms with E-state index in [1.165, 1.54) is 4.90 Å². The van der Waals surface area contributed by atoms with E-state index in [2.05, 4.69) is 5.32 Å². The van der Waals surface area contributed by atoms with Gasteiger partial charge >= 0.3 is 6.03 Å². The summed E-state index contributed by atoms with van der Waals surface area (Å²) in [5.41, 5.74) is 1.15. The molecule has 1 rings (SSSR count). The Morgan fingerprint density at radius 1 is 1.50 bits per heavy atom. The number of hydrogen-bond acceptors (Lipinski definition) is 4. The second-order valence-electron chi connectivity index (χ2n) is 4.84. The van der Waals surface area contributed by atoms with Crippen LogP contribution in [-0.4, -0.2) is 43.9 Å². The highest BCUT2D eigenvalue weighted by Crippen LogP contribution is 2.15. The quantitative estimate of drug-likeness (QED) is 0.872. The monoisotopic (exact) mass is 318 g/mol. The summed E-state index contributed by atoms with van der Waals surface area (Å²) in [4.78, 5) is 14.5. The van der Waals surface area contributed by atoms with Crippen LogP contribution in [0.25, 0.3) is 0 Å². The van der Waals surface area contributed by atoms with Crippen LogP contribution in [0.4, 0.5) is 4.79 Å². The normalized spacial score (nSPS) is 13.0. The van der Waals surface area contributed by atoms with Gasteiger partial charge in [0.05, 0.1) is 12.3 Å². The van der Waals surface area contributed by atoms with Crippen LogP contribution in [0.2, 0.25) is 0 Å². The van der Waals surface area contributed by atoms with Gasteiger partial charge in [-0.05, 0) is 30.9 Å². The van der Waals surface area contributed by atoms with Crippen molar-refractivity contribution in [1.82, 2.24) is 10.2 Å². The Bertz CT molecular complexity index is 552. The van der Waals surface area contributed by atoms with Crippen LogP contribution in [0.3, 0.4) is 0 Å². The average Bonchev–Trinajstić information content (AvgIpc) is 2.80. The van der Waals surface area contributed by atoms with Crippen LogP contribution < -0.4 is 5.32 Å². The number of urea groups is 1. The maximum Gasteiger partial charge on any atom is 0.317 e. The number of rotatable bonds is 6. The number of carbonyl (C=O) groups excluding carboxylic acids is 1. The SMILES string of the molecule is CCS(=O)(=O)C[C@H](C)N(C)C(=O)NCc1sccc1C. The predicted molar refractivity (Wildman–Crippen MR) is 82.8 cm³/mol. The molecule has 0 spiro atoms. The third kappa shape index (κ3) is 4.79. The number of nitrogens with one attached hydrogen (secondary N) is 1. The molecule has 1 N–H and O–H groups in total. The third-order valence-corrected chi connectivity index (χ3v) is 6.18. The van der Waals surface area contributed by atoms with Gasteiger partial charge in [0.15, 0.2) is 9.84 Å². The van der Waals surface area contributed by atoms with E-state index in [9.17, 15) is 13.2 Å². The van der Waals surface area contributed by atoms with Gasteiger partial charge in [0, 0.05) is 23.7 Å². The van der Waals surface area contributed by atoms with Crippen molar-refractivity contribution in [2.75, 3.05) is 18.6 Å². The Balaban J connectivity index is 2.52. The summed E-state index contributed by atoms with van der Waals surface area (Å²) >= 11 is 1.60. The summed E-state index contributed by atoms with van der Waals surface area (Å²) < 4.78 is 23.1. The lowest BCUT2D eigenvalue weighted by atomic mass is 10.3. The Hall–Kier alpha value is -1.08. The maximum absolute atomic E-state index is 12.0. The van der Waals surface area contributed by atoms with E-state index >= 15 is 0 Å². The van der Waals surface area contributed by atoms with Crippen LogP contribution in [0.15, 0.2) is 11.4 Å². The molecule has 1 heterocycles. The van der Waals surface area contributed by atoms with Crippen molar-refractivity contribution in [3.05, 3.63) is 21.9 Å². The van der Waals surface area contributed by atoms with Crippen molar-refractivity contribution in [2.24, 2.45) is 0 Å². The standard InChI is InChI=1S/C13H22N2O3S2/c1-5-20(17,18)9-11(3)15(4)13(16)14-8-12-10(2)6-7-19-12/h6-7,11H,5,8-9H2,1-4H3,(H,14,16)/t11-/m0/s1. The molecular weight excluding hydrogens is 296 g/mol. The zero-order chi connectivity index (χ0) is 15.3. The molecule has 0 bridgehead atoms. The molecule has 0 aromatic carbocycles. The van der Waals surface area contributed by atoms with Gasteiger partial charge in [-0.3, -0.25) is 0 Å². The van der Waals surface area contributed by atoms with E-state index in [0.29, 0.717) is 6.54 Å². The molecule has 2 amide bonds. The second kappa shape index (κ2) is 7.08. The van der Waals surface area contributed by atoms with Crippen molar-refractivity contribution < 1.29 is 13.2 Å². The second-order valence-corrected chi connectivity index (χ2v) is 8.24. The Labute approximate surface area is 124 Å². The van der Waals surface area contributed by atoms with E-state index in [1.54, 1.807) is 32.2 Å². The van der Waals surface area contributed by atoms with Crippen LogP contribution in [0, 0.1) is 6.92 Å². The minimum absolute atomic E-state index is 0.00848. The number of thiophene rings is 1. The highest BCUT2D eigenvalue weighted by Gasteiger charge is 2.21. The zero-order valence-electron chi connectivity index (χ0n) is 12.3. The summed E-state index contributed by atoms with van der Waals surface area (Å²) in [7, 11) is -1.46. The molecular formula is C13H22N2O3S2. The smallest absolute Gasteiger partial charge is 0.317 e. The molecule has 5 nitrogen and oxygen atoms in total. The number of aryl methyl sites for hydroxylation is 1. The van der Waals surface area contributed by atoms with Crippen LogP contribution in [0.5, 0.6) is 0 Å². The van der Waals surface area contributed by atoms with E-state index in [0.717, 1.165) is 10.4 Å². The molecule has 7 heteroatoms. The maximum atomic E-state index is 12.0. The Morgan fingerprint density at radius 3 is 2.65 bits per heavy atom. The largest absolute Gasteiger partial charge is 0.333 e. The number of nitrogens with zero attached hydrogens (tertiary/aromatic N) is 1. The van der Waals surface area contributed by atoms with Gasteiger partial charge in [0.1, 0.15) is 0 Å². The van der Waals surface area contributed by atoms with Crippen molar-refractivity contribution in [1.29, 1.82) is 0 Å². The van der Waals surface area contributed by atoms with Gasteiger partial charge in [0.2, 0.25) is 0 Å². The predicted octanol–water partition coefficient (Wildman–Crippen LogP) is 2.02. The van der Waals surface area contributed by atoms with Crippen LogP contribution in [0.1, 0.15) is 24.3 Å². The number of carbonyl (C=O) groups is 1. The summed E-state index contributed by atoms with van der Waals surface area (Å²) in [6.07, 6.45) is 0. The zero-order valence-corrected chi connectivity index (χ0v) is 14.0. The molecule has 0 radical (unpaired) electrons. The molecule has 0 saturated heterocycles. The van der Waals surface area contributed by atoms with Gasteiger partial charge in [-0.2, -0.15) is 0 Å². The fourth-order valence-electron chi connectivity index (χ4n) is 1.66. The van der Waals surface area contributed by atoms with Gasteiger partial charge in [-0.1, -0.05) is 6.92 Å². The fourth-order valence-corrected chi connectivity index (χ4v) is 3.70. The number of hydrogen-bond donors (Lipinski definition) is 1.